The maximum Gasteiger partial charge on any atom is 0.254 e. The fourth-order valence-corrected chi connectivity index (χ4v) is 3.09. The topological polar surface area (TPSA) is 49.9 Å². The average Bonchev–Trinajstić information content (AvgIpc) is 2.65. The van der Waals surface area contributed by atoms with E-state index in [0.717, 1.165) is 16.3 Å². The van der Waals surface area contributed by atoms with Gasteiger partial charge in [0, 0.05) is 38.9 Å². The predicted octanol–water partition coefficient (Wildman–Crippen LogP) is 2.16. The van der Waals surface area contributed by atoms with E-state index in [4.69, 9.17) is 4.74 Å². The van der Waals surface area contributed by atoms with E-state index >= 15 is 0 Å². The minimum atomic E-state index is 0.0378. The van der Waals surface area contributed by atoms with Crippen molar-refractivity contribution >= 4 is 22.6 Å². The predicted molar refractivity (Wildman–Crippen MR) is 92.9 cm³/mol. The minimum absolute atomic E-state index is 0.0378. The lowest BCUT2D eigenvalue weighted by molar-refractivity contribution is -0.133. The second-order valence-electron chi connectivity index (χ2n) is 5.94. The number of nitrogens with zero attached hydrogens (tertiary/aromatic N) is 2. The van der Waals surface area contributed by atoms with Gasteiger partial charge in [0.1, 0.15) is 0 Å². The van der Waals surface area contributed by atoms with Crippen LogP contribution in [-0.2, 0) is 9.53 Å². The van der Waals surface area contributed by atoms with Gasteiger partial charge in [-0.05, 0) is 16.8 Å². The molecule has 2 amide bonds. The van der Waals surface area contributed by atoms with Crippen molar-refractivity contribution in [1.29, 1.82) is 0 Å². The van der Waals surface area contributed by atoms with Crippen LogP contribution in [0.2, 0.25) is 0 Å². The third kappa shape index (κ3) is 3.41. The standard InChI is InChI=1S/C19H22N2O3/c1-24-14-9-18(22)20-10-12-21(13-11-20)19(23)17-8-4-6-15-5-2-3-7-16(15)17/h2-8H,9-14H2,1H3. The van der Waals surface area contributed by atoms with Crippen molar-refractivity contribution in [3.63, 3.8) is 0 Å². The molecule has 5 heteroatoms. The first-order chi connectivity index (χ1) is 11.7. The second kappa shape index (κ2) is 7.45. The largest absolute Gasteiger partial charge is 0.384 e. The molecule has 0 aliphatic carbocycles. The molecule has 5 nitrogen and oxygen atoms in total. The number of hydrogen-bond donors (Lipinski definition) is 0. The van der Waals surface area contributed by atoms with Crippen LogP contribution in [0.25, 0.3) is 10.8 Å². The molecule has 24 heavy (non-hydrogen) atoms. The van der Waals surface area contributed by atoms with Gasteiger partial charge in [0.15, 0.2) is 0 Å². The van der Waals surface area contributed by atoms with Gasteiger partial charge in [-0.15, -0.1) is 0 Å². The number of hydrogen-bond acceptors (Lipinski definition) is 3. The molecule has 0 unspecified atom stereocenters. The highest BCUT2D eigenvalue weighted by Crippen LogP contribution is 2.20. The van der Waals surface area contributed by atoms with E-state index in [1.54, 1.807) is 7.11 Å². The molecule has 0 aromatic heterocycles. The summed E-state index contributed by atoms with van der Waals surface area (Å²) in [5.41, 5.74) is 0.729. The summed E-state index contributed by atoms with van der Waals surface area (Å²) in [6.07, 6.45) is 0.397. The number of carbonyl (C=O) groups is 2. The normalized spacial score (nSPS) is 14.9. The van der Waals surface area contributed by atoms with Crippen LogP contribution in [0, 0.1) is 0 Å². The second-order valence-corrected chi connectivity index (χ2v) is 5.94. The first-order valence-corrected chi connectivity index (χ1v) is 8.24. The van der Waals surface area contributed by atoms with Crippen LogP contribution in [-0.4, -0.2) is 61.5 Å². The Kier molecular flexibility index (Phi) is 5.11. The van der Waals surface area contributed by atoms with Gasteiger partial charge in [0.25, 0.3) is 5.91 Å². The Morgan fingerprint density at radius 3 is 2.38 bits per heavy atom. The minimum Gasteiger partial charge on any atom is -0.384 e. The fourth-order valence-electron chi connectivity index (χ4n) is 3.09. The molecular formula is C19H22N2O3. The van der Waals surface area contributed by atoms with Gasteiger partial charge in [0.2, 0.25) is 5.91 Å². The van der Waals surface area contributed by atoms with E-state index in [9.17, 15) is 9.59 Å². The van der Waals surface area contributed by atoms with Gasteiger partial charge in [0.05, 0.1) is 13.0 Å². The smallest absolute Gasteiger partial charge is 0.254 e. The molecule has 0 atom stereocenters. The van der Waals surface area contributed by atoms with Crippen molar-refractivity contribution in [2.45, 2.75) is 6.42 Å². The van der Waals surface area contributed by atoms with Gasteiger partial charge in [-0.25, -0.2) is 0 Å². The van der Waals surface area contributed by atoms with E-state index in [-0.39, 0.29) is 11.8 Å². The Hall–Kier alpha value is -2.40. The van der Waals surface area contributed by atoms with Gasteiger partial charge >= 0.3 is 0 Å². The van der Waals surface area contributed by atoms with Crippen LogP contribution in [0.3, 0.4) is 0 Å². The molecule has 2 aromatic carbocycles. The van der Waals surface area contributed by atoms with Crippen molar-refractivity contribution in [2.75, 3.05) is 39.9 Å². The van der Waals surface area contributed by atoms with Crippen molar-refractivity contribution in [1.82, 2.24) is 9.80 Å². The Balaban J connectivity index is 1.68. The number of piperazine rings is 1. The van der Waals surface area contributed by atoms with Crippen LogP contribution in [0.1, 0.15) is 16.8 Å². The van der Waals surface area contributed by atoms with E-state index in [0.29, 0.717) is 39.2 Å². The highest BCUT2D eigenvalue weighted by molar-refractivity contribution is 6.07. The third-order valence-corrected chi connectivity index (χ3v) is 4.46. The molecule has 0 bridgehead atoms. The molecule has 126 valence electrons. The van der Waals surface area contributed by atoms with Crippen molar-refractivity contribution in [3.8, 4) is 0 Å². The van der Waals surface area contributed by atoms with E-state index in [1.807, 2.05) is 52.3 Å². The lowest BCUT2D eigenvalue weighted by Gasteiger charge is -2.35. The molecule has 1 fully saturated rings. The highest BCUT2D eigenvalue weighted by atomic mass is 16.5. The Labute approximate surface area is 141 Å². The van der Waals surface area contributed by atoms with Crippen molar-refractivity contribution < 1.29 is 14.3 Å². The molecule has 1 aliphatic rings. The SMILES string of the molecule is COCCC(=O)N1CCN(C(=O)c2cccc3ccccc23)CC1. The van der Waals surface area contributed by atoms with Crippen molar-refractivity contribution in [2.24, 2.45) is 0 Å². The molecule has 3 rings (SSSR count). The number of amides is 2. The molecule has 1 heterocycles. The summed E-state index contributed by atoms with van der Waals surface area (Å²) >= 11 is 0. The first kappa shape index (κ1) is 16.5. The van der Waals surface area contributed by atoms with Crippen LogP contribution >= 0.6 is 0 Å². The maximum atomic E-state index is 12.9. The van der Waals surface area contributed by atoms with E-state index in [1.165, 1.54) is 0 Å². The molecule has 0 N–H and O–H groups in total. The third-order valence-electron chi connectivity index (χ3n) is 4.46. The molecule has 0 saturated carbocycles. The maximum absolute atomic E-state index is 12.9. The lowest BCUT2D eigenvalue weighted by Crippen LogP contribution is -2.50. The van der Waals surface area contributed by atoms with Crippen LogP contribution < -0.4 is 0 Å². The number of fused-ring (bicyclic) bond motifs is 1. The van der Waals surface area contributed by atoms with E-state index < -0.39 is 0 Å². The number of methoxy groups -OCH3 is 1. The summed E-state index contributed by atoms with van der Waals surface area (Å²) in [4.78, 5) is 28.5. The van der Waals surface area contributed by atoms with Crippen LogP contribution in [0.5, 0.6) is 0 Å². The summed E-state index contributed by atoms with van der Waals surface area (Å²) in [5.74, 6) is 0.130. The summed E-state index contributed by atoms with van der Waals surface area (Å²) < 4.78 is 4.95. The molecular weight excluding hydrogens is 304 g/mol. The zero-order valence-electron chi connectivity index (χ0n) is 13.9. The molecule has 1 aliphatic heterocycles. The molecule has 2 aromatic rings. The Morgan fingerprint density at radius 1 is 0.958 bits per heavy atom. The summed E-state index contributed by atoms with van der Waals surface area (Å²) in [6, 6.07) is 13.7. The Morgan fingerprint density at radius 2 is 1.62 bits per heavy atom. The fraction of sp³-hybridized carbons (Fsp3) is 0.368. The molecule has 1 saturated heterocycles. The van der Waals surface area contributed by atoms with Gasteiger partial charge in [-0.2, -0.15) is 0 Å². The molecule has 0 radical (unpaired) electrons. The summed E-state index contributed by atoms with van der Waals surface area (Å²) in [6.45, 7) is 2.74. The van der Waals surface area contributed by atoms with Gasteiger partial charge < -0.3 is 14.5 Å². The van der Waals surface area contributed by atoms with Gasteiger partial charge in [-0.3, -0.25) is 9.59 Å². The van der Waals surface area contributed by atoms with Crippen LogP contribution in [0.4, 0.5) is 0 Å². The average molecular weight is 326 g/mol. The zero-order chi connectivity index (χ0) is 16.9. The summed E-state index contributed by atoms with van der Waals surface area (Å²) in [7, 11) is 1.59. The quantitative estimate of drug-likeness (QED) is 0.865. The monoisotopic (exact) mass is 326 g/mol. The summed E-state index contributed by atoms with van der Waals surface area (Å²) in [5, 5.41) is 2.04. The number of carbonyl (C=O) groups excluding carboxylic acids is 2. The van der Waals surface area contributed by atoms with E-state index in [2.05, 4.69) is 0 Å². The van der Waals surface area contributed by atoms with Gasteiger partial charge in [-0.1, -0.05) is 36.4 Å². The number of rotatable bonds is 4. The number of ether oxygens (including phenoxy) is 1. The highest BCUT2D eigenvalue weighted by Gasteiger charge is 2.25. The molecule has 0 spiro atoms. The lowest BCUT2D eigenvalue weighted by atomic mass is 10.0. The van der Waals surface area contributed by atoms with Crippen LogP contribution in [0.15, 0.2) is 42.5 Å². The zero-order valence-corrected chi connectivity index (χ0v) is 13.9. The van der Waals surface area contributed by atoms with Crippen molar-refractivity contribution in [3.05, 3.63) is 48.0 Å². The number of benzene rings is 2. The first-order valence-electron chi connectivity index (χ1n) is 8.24. The Bertz CT molecular complexity index is 731.